The van der Waals surface area contributed by atoms with Crippen LogP contribution in [-0.2, 0) is 9.84 Å². The fourth-order valence-electron chi connectivity index (χ4n) is 1.95. The van der Waals surface area contributed by atoms with Gasteiger partial charge in [-0.2, -0.15) is 0 Å². The lowest BCUT2D eigenvalue weighted by atomic mass is 10.3. The molecule has 1 saturated heterocycles. The third-order valence-electron chi connectivity index (χ3n) is 2.92. The SMILES string of the molecule is CNc1cc(N2CCCS(=O)(=O)CC2)ccn1. The minimum absolute atomic E-state index is 0.240. The summed E-state index contributed by atoms with van der Waals surface area (Å²) in [5, 5.41) is 2.98. The first-order chi connectivity index (χ1) is 8.11. The Bertz CT molecular complexity index is 487. The molecule has 6 heteroatoms. The first-order valence-electron chi connectivity index (χ1n) is 5.70. The maximum atomic E-state index is 11.5. The van der Waals surface area contributed by atoms with Gasteiger partial charge < -0.3 is 10.2 Å². The van der Waals surface area contributed by atoms with Crippen LogP contribution in [0.5, 0.6) is 0 Å². The number of sulfone groups is 1. The molecule has 1 aromatic rings. The number of hydrogen-bond acceptors (Lipinski definition) is 5. The zero-order valence-corrected chi connectivity index (χ0v) is 10.7. The lowest BCUT2D eigenvalue weighted by molar-refractivity contribution is 0.597. The summed E-state index contributed by atoms with van der Waals surface area (Å²) in [6.07, 6.45) is 2.43. The summed E-state index contributed by atoms with van der Waals surface area (Å²) < 4.78 is 23.0. The van der Waals surface area contributed by atoms with Crippen LogP contribution in [0.1, 0.15) is 6.42 Å². The summed E-state index contributed by atoms with van der Waals surface area (Å²) in [6.45, 7) is 1.35. The van der Waals surface area contributed by atoms with Gasteiger partial charge in [0.15, 0.2) is 9.84 Å². The van der Waals surface area contributed by atoms with E-state index in [2.05, 4.69) is 15.2 Å². The first kappa shape index (κ1) is 12.2. The average molecular weight is 255 g/mol. The predicted octanol–water partition coefficient (Wildman–Crippen LogP) is 0.748. The highest BCUT2D eigenvalue weighted by Gasteiger charge is 2.19. The highest BCUT2D eigenvalue weighted by molar-refractivity contribution is 7.91. The second-order valence-corrected chi connectivity index (χ2v) is 6.45. The van der Waals surface area contributed by atoms with E-state index in [4.69, 9.17) is 0 Å². The Hall–Kier alpha value is -1.30. The maximum absolute atomic E-state index is 11.5. The summed E-state index contributed by atoms with van der Waals surface area (Å²) in [6, 6.07) is 3.86. The zero-order chi connectivity index (χ0) is 12.3. The Morgan fingerprint density at radius 1 is 1.35 bits per heavy atom. The van der Waals surface area contributed by atoms with Gasteiger partial charge in [0.2, 0.25) is 0 Å². The van der Waals surface area contributed by atoms with Gasteiger partial charge in [0.25, 0.3) is 0 Å². The highest BCUT2D eigenvalue weighted by atomic mass is 32.2. The molecule has 1 aliphatic rings. The predicted molar refractivity (Wildman–Crippen MR) is 69.3 cm³/mol. The van der Waals surface area contributed by atoms with Crippen molar-refractivity contribution in [3.8, 4) is 0 Å². The molecule has 0 unspecified atom stereocenters. The van der Waals surface area contributed by atoms with E-state index in [-0.39, 0.29) is 5.75 Å². The van der Waals surface area contributed by atoms with Crippen LogP contribution < -0.4 is 10.2 Å². The van der Waals surface area contributed by atoms with Crippen LogP contribution in [0, 0.1) is 0 Å². The molecule has 0 radical (unpaired) electrons. The Morgan fingerprint density at radius 2 is 2.18 bits per heavy atom. The topological polar surface area (TPSA) is 62.3 Å². The van der Waals surface area contributed by atoms with E-state index in [0.717, 1.165) is 18.1 Å². The van der Waals surface area contributed by atoms with Crippen molar-refractivity contribution in [1.29, 1.82) is 0 Å². The number of rotatable bonds is 2. The fourth-order valence-corrected chi connectivity index (χ4v) is 3.22. The van der Waals surface area contributed by atoms with Crippen LogP contribution in [-0.4, -0.2) is 45.0 Å². The third kappa shape index (κ3) is 3.09. The molecule has 0 aliphatic carbocycles. The molecule has 1 fully saturated rings. The molecule has 0 aromatic carbocycles. The minimum Gasteiger partial charge on any atom is -0.373 e. The lowest BCUT2D eigenvalue weighted by Gasteiger charge is -2.22. The molecule has 1 aliphatic heterocycles. The molecular formula is C11H17N3O2S. The van der Waals surface area contributed by atoms with Gasteiger partial charge in [-0.05, 0) is 12.5 Å². The summed E-state index contributed by atoms with van der Waals surface area (Å²) in [5.41, 5.74) is 1.03. The van der Waals surface area contributed by atoms with E-state index in [9.17, 15) is 8.42 Å². The van der Waals surface area contributed by atoms with E-state index < -0.39 is 9.84 Å². The molecule has 94 valence electrons. The van der Waals surface area contributed by atoms with Gasteiger partial charge in [0.05, 0.1) is 11.5 Å². The van der Waals surface area contributed by atoms with Crippen LogP contribution in [0.2, 0.25) is 0 Å². The van der Waals surface area contributed by atoms with E-state index >= 15 is 0 Å². The highest BCUT2D eigenvalue weighted by Crippen LogP contribution is 2.19. The molecule has 2 rings (SSSR count). The van der Waals surface area contributed by atoms with E-state index in [1.807, 2.05) is 19.2 Å². The lowest BCUT2D eigenvalue weighted by Crippen LogP contribution is -2.26. The van der Waals surface area contributed by atoms with Crippen molar-refractivity contribution in [2.75, 3.05) is 41.9 Å². The third-order valence-corrected chi connectivity index (χ3v) is 4.64. The van der Waals surface area contributed by atoms with Crippen molar-refractivity contribution in [2.45, 2.75) is 6.42 Å². The summed E-state index contributed by atoms with van der Waals surface area (Å²) in [5.74, 6) is 1.34. The van der Waals surface area contributed by atoms with Crippen molar-refractivity contribution in [1.82, 2.24) is 4.98 Å². The van der Waals surface area contributed by atoms with E-state index in [1.54, 1.807) is 6.20 Å². The number of pyridine rings is 1. The van der Waals surface area contributed by atoms with Gasteiger partial charge >= 0.3 is 0 Å². The smallest absolute Gasteiger partial charge is 0.152 e. The van der Waals surface area contributed by atoms with Gasteiger partial charge in [-0.1, -0.05) is 0 Å². The molecule has 1 aromatic heterocycles. The minimum atomic E-state index is -2.85. The Balaban J connectivity index is 2.16. The Kier molecular flexibility index (Phi) is 3.51. The van der Waals surface area contributed by atoms with Crippen LogP contribution in [0.4, 0.5) is 11.5 Å². The molecule has 17 heavy (non-hydrogen) atoms. The normalized spacial score (nSPS) is 19.7. The first-order valence-corrected chi connectivity index (χ1v) is 7.52. The van der Waals surface area contributed by atoms with Gasteiger partial charge in [-0.25, -0.2) is 13.4 Å². The van der Waals surface area contributed by atoms with Crippen LogP contribution in [0.15, 0.2) is 18.3 Å². The maximum Gasteiger partial charge on any atom is 0.152 e. The molecule has 0 amide bonds. The van der Waals surface area contributed by atoms with E-state index in [0.29, 0.717) is 18.7 Å². The summed E-state index contributed by atoms with van der Waals surface area (Å²) in [7, 11) is -1.03. The molecule has 0 bridgehead atoms. The second kappa shape index (κ2) is 4.91. The molecule has 0 spiro atoms. The fraction of sp³-hybridized carbons (Fsp3) is 0.545. The summed E-state index contributed by atoms with van der Waals surface area (Å²) in [4.78, 5) is 6.25. The monoisotopic (exact) mass is 255 g/mol. The largest absolute Gasteiger partial charge is 0.373 e. The Labute approximate surface area is 102 Å². The van der Waals surface area contributed by atoms with Crippen LogP contribution in [0.25, 0.3) is 0 Å². The van der Waals surface area contributed by atoms with E-state index in [1.165, 1.54) is 0 Å². The molecule has 0 saturated carbocycles. The second-order valence-electron chi connectivity index (χ2n) is 4.14. The number of nitrogens with one attached hydrogen (secondary N) is 1. The molecule has 0 atom stereocenters. The van der Waals surface area contributed by atoms with Gasteiger partial charge in [-0.3, -0.25) is 0 Å². The van der Waals surface area contributed by atoms with Gasteiger partial charge in [0.1, 0.15) is 5.82 Å². The van der Waals surface area contributed by atoms with Crippen molar-refractivity contribution in [3.05, 3.63) is 18.3 Å². The molecular weight excluding hydrogens is 238 g/mol. The summed E-state index contributed by atoms with van der Waals surface area (Å²) >= 11 is 0. The quantitative estimate of drug-likeness (QED) is 0.845. The molecule has 1 N–H and O–H groups in total. The Morgan fingerprint density at radius 3 is 2.94 bits per heavy atom. The van der Waals surface area contributed by atoms with Gasteiger partial charge in [-0.15, -0.1) is 0 Å². The number of hydrogen-bond donors (Lipinski definition) is 1. The van der Waals surface area contributed by atoms with Crippen molar-refractivity contribution in [2.24, 2.45) is 0 Å². The number of anilines is 2. The zero-order valence-electron chi connectivity index (χ0n) is 9.89. The van der Waals surface area contributed by atoms with Crippen LogP contribution in [0.3, 0.4) is 0 Å². The van der Waals surface area contributed by atoms with Crippen molar-refractivity contribution < 1.29 is 8.42 Å². The van der Waals surface area contributed by atoms with Gasteiger partial charge in [0, 0.05) is 38.1 Å². The number of nitrogens with zero attached hydrogens (tertiary/aromatic N) is 2. The van der Waals surface area contributed by atoms with Crippen molar-refractivity contribution in [3.63, 3.8) is 0 Å². The molecule has 2 heterocycles. The molecule has 5 nitrogen and oxygen atoms in total. The average Bonchev–Trinajstić information content (AvgIpc) is 2.50. The standard InChI is InChI=1S/C11H17N3O2S/c1-12-11-9-10(3-4-13-11)14-5-2-7-17(15,16)8-6-14/h3-4,9H,2,5-8H2,1H3,(H,12,13). The number of aromatic nitrogens is 1. The van der Waals surface area contributed by atoms with Crippen molar-refractivity contribution >= 4 is 21.3 Å². The van der Waals surface area contributed by atoms with Crippen LogP contribution >= 0.6 is 0 Å².